The van der Waals surface area contributed by atoms with Crippen LogP contribution < -0.4 is 15.0 Å². The second-order valence-electron chi connectivity index (χ2n) is 6.90. The van der Waals surface area contributed by atoms with Crippen molar-refractivity contribution < 1.29 is 14.3 Å². The van der Waals surface area contributed by atoms with E-state index < -0.39 is 0 Å². The maximum atomic E-state index is 13.1. The molecule has 0 aromatic heterocycles. The Morgan fingerprint density at radius 1 is 1.04 bits per heavy atom. The topological polar surface area (TPSA) is 61.9 Å². The smallest absolute Gasteiger partial charge is 0.230 e. The Labute approximate surface area is 158 Å². The third-order valence-electron chi connectivity index (χ3n) is 5.33. The second kappa shape index (κ2) is 7.31. The van der Waals surface area contributed by atoms with Gasteiger partial charge in [0.05, 0.1) is 13.0 Å². The Morgan fingerprint density at radius 3 is 2.44 bits per heavy atom. The van der Waals surface area contributed by atoms with Gasteiger partial charge < -0.3 is 19.9 Å². The van der Waals surface area contributed by atoms with Crippen LogP contribution in [0.1, 0.15) is 17.9 Å². The molecular formula is C21H23N3O3. The average molecular weight is 365 g/mol. The Morgan fingerprint density at radius 2 is 1.74 bits per heavy atom. The van der Waals surface area contributed by atoms with Crippen molar-refractivity contribution in [2.24, 2.45) is 0 Å². The molecular weight excluding hydrogens is 342 g/mol. The summed E-state index contributed by atoms with van der Waals surface area (Å²) >= 11 is 0. The Kier molecular flexibility index (Phi) is 4.71. The van der Waals surface area contributed by atoms with E-state index in [2.05, 4.69) is 10.2 Å². The summed E-state index contributed by atoms with van der Waals surface area (Å²) in [7, 11) is 1.66. The van der Waals surface area contributed by atoms with Gasteiger partial charge in [0.1, 0.15) is 5.75 Å². The number of amides is 2. The average Bonchev–Trinajstić information content (AvgIpc) is 2.73. The van der Waals surface area contributed by atoms with Crippen molar-refractivity contribution in [2.75, 3.05) is 43.5 Å². The molecule has 2 aliphatic rings. The van der Waals surface area contributed by atoms with Crippen molar-refractivity contribution in [3.8, 4) is 5.75 Å². The van der Waals surface area contributed by atoms with Crippen LogP contribution in [0.2, 0.25) is 0 Å². The zero-order valence-electron chi connectivity index (χ0n) is 15.4. The molecule has 4 rings (SSSR count). The van der Waals surface area contributed by atoms with Crippen molar-refractivity contribution in [2.45, 2.75) is 12.3 Å². The first-order valence-corrected chi connectivity index (χ1v) is 9.22. The third-order valence-corrected chi connectivity index (χ3v) is 5.33. The maximum Gasteiger partial charge on any atom is 0.230 e. The molecule has 2 aromatic carbocycles. The molecule has 2 heterocycles. The van der Waals surface area contributed by atoms with Gasteiger partial charge >= 0.3 is 0 Å². The number of rotatable bonds is 3. The van der Waals surface area contributed by atoms with E-state index in [9.17, 15) is 9.59 Å². The van der Waals surface area contributed by atoms with Crippen LogP contribution in [-0.2, 0) is 9.59 Å². The van der Waals surface area contributed by atoms with Crippen LogP contribution in [0.25, 0.3) is 0 Å². The standard InChI is InChI=1S/C21H23N3O3/c1-27-16-8-6-15(7-9-16)23-10-12-24(13-11-23)21(26)18-14-20(25)22-19-5-3-2-4-17(18)19/h2-9,18H,10-14H2,1H3,(H,22,25). The highest BCUT2D eigenvalue weighted by Crippen LogP contribution is 2.33. The number of ether oxygens (including phenoxy) is 1. The van der Waals surface area contributed by atoms with E-state index >= 15 is 0 Å². The summed E-state index contributed by atoms with van der Waals surface area (Å²) in [5.74, 6) is 0.403. The van der Waals surface area contributed by atoms with E-state index in [0.717, 1.165) is 35.8 Å². The highest BCUT2D eigenvalue weighted by molar-refractivity contribution is 6.01. The van der Waals surface area contributed by atoms with Gasteiger partial charge in [0, 0.05) is 44.0 Å². The summed E-state index contributed by atoms with van der Waals surface area (Å²) in [6.07, 6.45) is 0.217. The van der Waals surface area contributed by atoms with Gasteiger partial charge in [0.2, 0.25) is 11.8 Å². The van der Waals surface area contributed by atoms with Gasteiger partial charge in [-0.15, -0.1) is 0 Å². The van der Waals surface area contributed by atoms with Gasteiger partial charge in [-0.25, -0.2) is 0 Å². The number of methoxy groups -OCH3 is 1. The van der Waals surface area contributed by atoms with E-state index in [-0.39, 0.29) is 24.2 Å². The maximum absolute atomic E-state index is 13.1. The van der Waals surface area contributed by atoms with Crippen LogP contribution in [0.3, 0.4) is 0 Å². The lowest BCUT2D eigenvalue weighted by Crippen LogP contribution is -2.50. The van der Waals surface area contributed by atoms with Crippen LogP contribution in [0.15, 0.2) is 48.5 Å². The summed E-state index contributed by atoms with van der Waals surface area (Å²) in [6.45, 7) is 2.87. The number of nitrogens with zero attached hydrogens (tertiary/aromatic N) is 2. The summed E-state index contributed by atoms with van der Waals surface area (Å²) in [5.41, 5.74) is 2.80. The van der Waals surface area contributed by atoms with Crippen LogP contribution in [0.5, 0.6) is 5.75 Å². The highest BCUT2D eigenvalue weighted by atomic mass is 16.5. The molecule has 0 aliphatic carbocycles. The fraction of sp³-hybridized carbons (Fsp3) is 0.333. The van der Waals surface area contributed by atoms with Gasteiger partial charge in [0.25, 0.3) is 0 Å². The minimum Gasteiger partial charge on any atom is -0.497 e. The molecule has 0 bridgehead atoms. The lowest BCUT2D eigenvalue weighted by Gasteiger charge is -2.38. The van der Waals surface area contributed by atoms with Gasteiger partial charge in [-0.3, -0.25) is 9.59 Å². The molecule has 2 aliphatic heterocycles. The molecule has 140 valence electrons. The highest BCUT2D eigenvalue weighted by Gasteiger charge is 2.34. The van der Waals surface area contributed by atoms with Gasteiger partial charge in [-0.2, -0.15) is 0 Å². The number of hydrogen-bond acceptors (Lipinski definition) is 4. The number of carbonyl (C=O) groups excluding carboxylic acids is 2. The number of nitrogens with one attached hydrogen (secondary N) is 1. The predicted octanol–water partition coefficient (Wildman–Crippen LogP) is 2.47. The molecule has 1 N–H and O–H groups in total. The fourth-order valence-electron chi connectivity index (χ4n) is 3.83. The summed E-state index contributed by atoms with van der Waals surface area (Å²) in [5, 5.41) is 2.86. The van der Waals surface area contributed by atoms with E-state index in [1.54, 1.807) is 7.11 Å². The van der Waals surface area contributed by atoms with Crippen molar-refractivity contribution in [3.05, 3.63) is 54.1 Å². The molecule has 1 atom stereocenters. The number of fused-ring (bicyclic) bond motifs is 1. The van der Waals surface area contributed by atoms with Gasteiger partial charge in [-0.1, -0.05) is 18.2 Å². The molecule has 2 aromatic rings. The van der Waals surface area contributed by atoms with Gasteiger partial charge in [-0.05, 0) is 35.9 Å². The first kappa shape index (κ1) is 17.4. The van der Waals surface area contributed by atoms with Crippen molar-refractivity contribution in [1.29, 1.82) is 0 Å². The summed E-state index contributed by atoms with van der Waals surface area (Å²) in [4.78, 5) is 29.3. The van der Waals surface area contributed by atoms with Crippen LogP contribution >= 0.6 is 0 Å². The number of hydrogen-bond donors (Lipinski definition) is 1. The minimum atomic E-state index is -0.387. The van der Waals surface area contributed by atoms with Crippen molar-refractivity contribution >= 4 is 23.2 Å². The third kappa shape index (κ3) is 3.47. The molecule has 0 radical (unpaired) electrons. The quantitative estimate of drug-likeness (QED) is 0.908. The number of piperazine rings is 1. The number of carbonyl (C=O) groups is 2. The van der Waals surface area contributed by atoms with E-state index in [0.29, 0.717) is 13.1 Å². The minimum absolute atomic E-state index is 0.0479. The van der Waals surface area contributed by atoms with E-state index in [4.69, 9.17) is 4.74 Å². The van der Waals surface area contributed by atoms with Crippen LogP contribution in [0, 0.1) is 0 Å². The SMILES string of the molecule is COc1ccc(N2CCN(C(=O)C3CC(=O)Nc4ccccc43)CC2)cc1. The molecule has 0 saturated carbocycles. The van der Waals surface area contributed by atoms with Crippen molar-refractivity contribution in [1.82, 2.24) is 4.90 Å². The van der Waals surface area contributed by atoms with Gasteiger partial charge in [0.15, 0.2) is 0 Å². The summed E-state index contributed by atoms with van der Waals surface area (Å²) < 4.78 is 5.21. The number of benzene rings is 2. The van der Waals surface area contributed by atoms with E-state index in [1.165, 1.54) is 0 Å². The van der Waals surface area contributed by atoms with Crippen LogP contribution in [0.4, 0.5) is 11.4 Å². The summed E-state index contributed by atoms with van der Waals surface area (Å²) in [6, 6.07) is 15.6. The first-order chi connectivity index (χ1) is 13.2. The molecule has 1 unspecified atom stereocenters. The molecule has 1 saturated heterocycles. The Bertz CT molecular complexity index is 842. The van der Waals surface area contributed by atoms with Crippen LogP contribution in [-0.4, -0.2) is 50.0 Å². The number of anilines is 2. The molecule has 27 heavy (non-hydrogen) atoms. The molecule has 1 fully saturated rings. The lowest BCUT2D eigenvalue weighted by molar-refractivity contribution is -0.135. The zero-order valence-corrected chi connectivity index (χ0v) is 15.4. The Hall–Kier alpha value is -3.02. The fourth-order valence-corrected chi connectivity index (χ4v) is 3.83. The molecule has 2 amide bonds. The molecule has 6 nitrogen and oxygen atoms in total. The largest absolute Gasteiger partial charge is 0.497 e. The zero-order chi connectivity index (χ0) is 18.8. The predicted molar refractivity (Wildman–Crippen MR) is 104 cm³/mol. The Balaban J connectivity index is 1.43. The molecule has 0 spiro atoms. The monoisotopic (exact) mass is 365 g/mol. The second-order valence-corrected chi connectivity index (χ2v) is 6.90. The van der Waals surface area contributed by atoms with Crippen molar-refractivity contribution in [3.63, 3.8) is 0 Å². The normalized spacial score (nSPS) is 19.3. The lowest BCUT2D eigenvalue weighted by atomic mass is 9.89. The first-order valence-electron chi connectivity index (χ1n) is 9.22. The van der Waals surface area contributed by atoms with E-state index in [1.807, 2.05) is 53.4 Å². The number of para-hydroxylation sites is 1. The molecule has 6 heteroatoms.